The number of nitrogens with zero attached hydrogens (tertiary/aromatic N) is 3. The van der Waals surface area contributed by atoms with Gasteiger partial charge < -0.3 is 10.5 Å². The first-order chi connectivity index (χ1) is 7.10. The van der Waals surface area contributed by atoms with Crippen molar-refractivity contribution >= 4 is 11.5 Å². The van der Waals surface area contributed by atoms with Gasteiger partial charge in [0.15, 0.2) is 0 Å². The summed E-state index contributed by atoms with van der Waals surface area (Å²) in [6.07, 6.45) is 0. The largest absolute Gasteiger partial charge is 0.477 e. The van der Waals surface area contributed by atoms with E-state index in [4.69, 9.17) is 15.7 Å². The average molecular weight is 208 g/mol. The molecule has 1 heterocycles. The Balaban J connectivity index is 3.30. The van der Waals surface area contributed by atoms with Gasteiger partial charge in [0.05, 0.1) is 11.5 Å². The molecule has 0 aliphatic carbocycles. The lowest BCUT2D eigenvalue weighted by atomic mass is 10.2. The standard InChI is InChI=1S/C8H8N4O3/c1-2-15-8-5(4-9)3-6(12(13)14)7(10)11-8/h3H,2H2,1H3,(H2,10,11). The Bertz CT molecular complexity index is 438. The average Bonchev–Trinajstić information content (AvgIpc) is 2.18. The van der Waals surface area contributed by atoms with Crippen LogP contribution in [-0.2, 0) is 0 Å². The van der Waals surface area contributed by atoms with Gasteiger partial charge in [-0.3, -0.25) is 10.1 Å². The van der Waals surface area contributed by atoms with E-state index in [1.54, 1.807) is 13.0 Å². The van der Waals surface area contributed by atoms with Crippen molar-refractivity contribution in [3.63, 3.8) is 0 Å². The number of anilines is 1. The number of hydrogen-bond acceptors (Lipinski definition) is 6. The molecule has 78 valence electrons. The lowest BCUT2D eigenvalue weighted by Gasteiger charge is -2.04. The molecule has 0 fully saturated rings. The molecule has 2 N–H and O–H groups in total. The molecule has 0 aliphatic rings. The summed E-state index contributed by atoms with van der Waals surface area (Å²) < 4.78 is 5.01. The van der Waals surface area contributed by atoms with Crippen molar-refractivity contribution in [1.29, 1.82) is 5.26 Å². The highest BCUT2D eigenvalue weighted by Gasteiger charge is 2.18. The van der Waals surface area contributed by atoms with E-state index in [-0.39, 0.29) is 17.3 Å². The summed E-state index contributed by atoms with van der Waals surface area (Å²) >= 11 is 0. The summed E-state index contributed by atoms with van der Waals surface area (Å²) in [4.78, 5) is 13.4. The van der Waals surface area contributed by atoms with E-state index in [9.17, 15) is 10.1 Å². The highest BCUT2D eigenvalue weighted by Crippen LogP contribution is 2.26. The van der Waals surface area contributed by atoms with Gasteiger partial charge in [-0.25, -0.2) is 0 Å². The second kappa shape index (κ2) is 4.23. The van der Waals surface area contributed by atoms with Crippen molar-refractivity contribution in [3.8, 4) is 11.9 Å². The van der Waals surface area contributed by atoms with Crippen LogP contribution < -0.4 is 10.5 Å². The minimum atomic E-state index is -0.696. The van der Waals surface area contributed by atoms with E-state index in [0.717, 1.165) is 6.07 Å². The third kappa shape index (κ3) is 2.11. The number of nitriles is 1. The molecule has 0 atom stereocenters. The first kappa shape index (κ1) is 10.7. The lowest BCUT2D eigenvalue weighted by Crippen LogP contribution is -2.04. The minimum Gasteiger partial charge on any atom is -0.477 e. The molecule has 0 bridgehead atoms. The predicted octanol–water partition coefficient (Wildman–Crippen LogP) is 0.842. The zero-order chi connectivity index (χ0) is 11.4. The Morgan fingerprint density at radius 3 is 2.93 bits per heavy atom. The number of pyridine rings is 1. The predicted molar refractivity (Wildman–Crippen MR) is 51.2 cm³/mol. The fraction of sp³-hybridized carbons (Fsp3) is 0.250. The summed E-state index contributed by atoms with van der Waals surface area (Å²) in [5.74, 6) is -0.245. The monoisotopic (exact) mass is 208 g/mol. The van der Waals surface area contributed by atoms with Gasteiger partial charge in [-0.2, -0.15) is 10.2 Å². The Labute approximate surface area is 85.2 Å². The second-order valence-corrected chi connectivity index (χ2v) is 2.55. The third-order valence-electron chi connectivity index (χ3n) is 1.59. The molecular formula is C8H8N4O3. The van der Waals surface area contributed by atoms with Crippen LogP contribution in [0.4, 0.5) is 11.5 Å². The van der Waals surface area contributed by atoms with Crippen molar-refractivity contribution < 1.29 is 9.66 Å². The molecular weight excluding hydrogens is 200 g/mol. The number of nitrogens with two attached hydrogens (primary N) is 1. The third-order valence-corrected chi connectivity index (χ3v) is 1.59. The van der Waals surface area contributed by atoms with E-state index < -0.39 is 10.6 Å². The molecule has 0 spiro atoms. The van der Waals surface area contributed by atoms with Crippen LogP contribution in [-0.4, -0.2) is 16.5 Å². The number of ether oxygens (including phenoxy) is 1. The molecule has 1 rings (SSSR count). The molecule has 1 aromatic heterocycles. The first-order valence-corrected chi connectivity index (χ1v) is 4.08. The van der Waals surface area contributed by atoms with Crippen LogP contribution in [0.2, 0.25) is 0 Å². The smallest absolute Gasteiger partial charge is 0.312 e. The molecule has 0 aliphatic heterocycles. The van der Waals surface area contributed by atoms with Crippen molar-refractivity contribution in [1.82, 2.24) is 4.98 Å². The van der Waals surface area contributed by atoms with Crippen molar-refractivity contribution in [2.24, 2.45) is 0 Å². The highest BCUT2D eigenvalue weighted by molar-refractivity contribution is 5.59. The maximum absolute atomic E-state index is 10.5. The van der Waals surface area contributed by atoms with Crippen molar-refractivity contribution in [2.45, 2.75) is 6.92 Å². The van der Waals surface area contributed by atoms with Crippen LogP contribution in [0.25, 0.3) is 0 Å². The fourth-order valence-corrected chi connectivity index (χ4v) is 0.972. The Morgan fingerprint density at radius 2 is 2.47 bits per heavy atom. The van der Waals surface area contributed by atoms with E-state index >= 15 is 0 Å². The number of hydrogen-bond donors (Lipinski definition) is 1. The van der Waals surface area contributed by atoms with Gasteiger partial charge in [-0.15, -0.1) is 0 Å². The molecule has 7 nitrogen and oxygen atoms in total. The fourth-order valence-electron chi connectivity index (χ4n) is 0.972. The Kier molecular flexibility index (Phi) is 3.03. The maximum Gasteiger partial charge on any atom is 0.312 e. The maximum atomic E-state index is 10.5. The normalized spacial score (nSPS) is 9.33. The summed E-state index contributed by atoms with van der Waals surface area (Å²) in [6.45, 7) is 2.01. The Morgan fingerprint density at radius 1 is 1.80 bits per heavy atom. The van der Waals surface area contributed by atoms with Crippen LogP contribution in [0.5, 0.6) is 5.88 Å². The summed E-state index contributed by atoms with van der Waals surface area (Å²) in [7, 11) is 0. The van der Waals surface area contributed by atoms with Crippen LogP contribution in [0.3, 0.4) is 0 Å². The zero-order valence-corrected chi connectivity index (χ0v) is 7.93. The molecule has 1 aromatic rings. The van der Waals surface area contributed by atoms with Crippen LogP contribution in [0.1, 0.15) is 12.5 Å². The quantitative estimate of drug-likeness (QED) is 0.581. The lowest BCUT2D eigenvalue weighted by molar-refractivity contribution is -0.384. The van der Waals surface area contributed by atoms with Gasteiger partial charge in [0.25, 0.3) is 0 Å². The van der Waals surface area contributed by atoms with E-state index in [1.165, 1.54) is 0 Å². The number of rotatable bonds is 3. The molecule has 0 radical (unpaired) electrons. The van der Waals surface area contributed by atoms with Crippen LogP contribution in [0.15, 0.2) is 6.07 Å². The second-order valence-electron chi connectivity index (χ2n) is 2.55. The molecule has 0 aromatic carbocycles. The molecule has 0 saturated heterocycles. The van der Waals surface area contributed by atoms with E-state index in [2.05, 4.69) is 4.98 Å². The van der Waals surface area contributed by atoms with Gasteiger partial charge >= 0.3 is 5.69 Å². The van der Waals surface area contributed by atoms with Gasteiger partial charge in [-0.1, -0.05) is 0 Å². The zero-order valence-electron chi connectivity index (χ0n) is 7.93. The Hall–Kier alpha value is -2.36. The topological polar surface area (TPSA) is 115 Å². The molecule has 0 unspecified atom stereocenters. The summed E-state index contributed by atoms with van der Waals surface area (Å²) in [5, 5.41) is 19.2. The summed E-state index contributed by atoms with van der Waals surface area (Å²) in [6, 6.07) is 2.80. The SMILES string of the molecule is CCOc1nc(N)c([N+](=O)[O-])cc1C#N. The first-order valence-electron chi connectivity index (χ1n) is 4.08. The van der Waals surface area contributed by atoms with Crippen molar-refractivity contribution in [2.75, 3.05) is 12.3 Å². The van der Waals surface area contributed by atoms with Gasteiger partial charge in [-0.05, 0) is 6.92 Å². The molecule has 0 amide bonds. The van der Waals surface area contributed by atoms with Crippen LogP contribution >= 0.6 is 0 Å². The summed E-state index contributed by atoms with van der Waals surface area (Å²) in [5.41, 5.74) is 4.94. The molecule has 0 saturated carbocycles. The van der Waals surface area contributed by atoms with Gasteiger partial charge in [0.1, 0.15) is 11.6 Å². The van der Waals surface area contributed by atoms with Gasteiger partial charge in [0, 0.05) is 6.07 Å². The highest BCUT2D eigenvalue weighted by atomic mass is 16.6. The number of nitro groups is 1. The van der Waals surface area contributed by atoms with Crippen LogP contribution in [0, 0.1) is 21.4 Å². The molecule has 15 heavy (non-hydrogen) atoms. The van der Waals surface area contributed by atoms with Gasteiger partial charge in [0.2, 0.25) is 11.7 Å². The minimum absolute atomic E-state index is 0.00208. The van der Waals surface area contributed by atoms with Crippen molar-refractivity contribution in [3.05, 3.63) is 21.7 Å². The van der Waals surface area contributed by atoms with E-state index in [0.29, 0.717) is 6.61 Å². The number of aromatic nitrogens is 1. The van der Waals surface area contributed by atoms with E-state index in [1.807, 2.05) is 0 Å². The number of nitrogen functional groups attached to an aromatic ring is 1. The molecule has 7 heteroatoms.